The van der Waals surface area contributed by atoms with Crippen LogP contribution in [-0.4, -0.2) is 41.8 Å². The van der Waals surface area contributed by atoms with Gasteiger partial charge in [0, 0.05) is 24.7 Å². The summed E-state index contributed by atoms with van der Waals surface area (Å²) in [5, 5.41) is 14.0. The number of ether oxygens (including phenoxy) is 1. The first-order chi connectivity index (χ1) is 14.9. The topological polar surface area (TPSA) is 102 Å². The summed E-state index contributed by atoms with van der Waals surface area (Å²) >= 11 is 3.46. The number of para-hydroxylation sites is 2. The third-order valence-corrected chi connectivity index (χ3v) is 5.83. The SMILES string of the molecule is COc1ccccc1/C(Br)=C(\NC(=O)c1ccccc1[N+](=O)[O-])C(=O)N1CCCCC1. The maximum absolute atomic E-state index is 13.3. The standard InChI is InChI=1S/C22H22BrN3O5/c1-31-18-12-6-4-10-16(18)19(23)20(22(28)25-13-7-2-8-14-25)24-21(27)15-9-3-5-11-17(15)26(29)30/h3-6,9-12H,2,7-8,13-14H2,1H3,(H,24,27)/b20-19+. The molecule has 1 fully saturated rings. The molecule has 0 saturated carbocycles. The van der Waals surface area contributed by atoms with Gasteiger partial charge in [-0.2, -0.15) is 0 Å². The zero-order chi connectivity index (χ0) is 22.4. The van der Waals surface area contributed by atoms with Gasteiger partial charge in [-0.05, 0) is 47.3 Å². The number of carbonyl (C=O) groups excluding carboxylic acids is 2. The minimum absolute atomic E-state index is 0.00884. The highest BCUT2D eigenvalue weighted by Gasteiger charge is 2.28. The first-order valence-electron chi connectivity index (χ1n) is 9.81. The fourth-order valence-electron chi connectivity index (χ4n) is 3.42. The van der Waals surface area contributed by atoms with Crippen LogP contribution < -0.4 is 10.1 Å². The molecule has 2 aromatic rings. The average Bonchev–Trinajstić information content (AvgIpc) is 2.82. The summed E-state index contributed by atoms with van der Waals surface area (Å²) < 4.78 is 5.73. The van der Waals surface area contributed by atoms with E-state index < -0.39 is 10.8 Å². The number of nitro benzene ring substituents is 1. The maximum Gasteiger partial charge on any atom is 0.282 e. The van der Waals surface area contributed by atoms with Gasteiger partial charge in [0.2, 0.25) is 0 Å². The van der Waals surface area contributed by atoms with Crippen molar-refractivity contribution >= 4 is 37.9 Å². The Balaban J connectivity index is 2.05. The molecule has 0 spiro atoms. The first-order valence-corrected chi connectivity index (χ1v) is 10.6. The second-order valence-corrected chi connectivity index (χ2v) is 7.76. The number of nitro groups is 1. The Morgan fingerprint density at radius 1 is 1.03 bits per heavy atom. The molecule has 0 atom stereocenters. The van der Waals surface area contributed by atoms with Gasteiger partial charge in [0.1, 0.15) is 17.0 Å². The van der Waals surface area contributed by atoms with E-state index in [1.165, 1.54) is 31.4 Å². The molecule has 0 aromatic heterocycles. The van der Waals surface area contributed by atoms with E-state index in [-0.39, 0.29) is 22.9 Å². The molecular formula is C22H22BrN3O5. The Morgan fingerprint density at radius 2 is 1.65 bits per heavy atom. The number of nitrogens with zero attached hydrogens (tertiary/aromatic N) is 2. The third kappa shape index (κ3) is 5.11. The van der Waals surface area contributed by atoms with Gasteiger partial charge in [0.15, 0.2) is 0 Å². The van der Waals surface area contributed by atoms with Gasteiger partial charge in [0.25, 0.3) is 17.5 Å². The lowest BCUT2D eigenvalue weighted by Gasteiger charge is -2.28. The van der Waals surface area contributed by atoms with Crippen LogP contribution in [0.2, 0.25) is 0 Å². The molecule has 8 nitrogen and oxygen atoms in total. The van der Waals surface area contributed by atoms with Gasteiger partial charge in [-0.25, -0.2) is 0 Å². The first kappa shape index (κ1) is 22.5. The van der Waals surface area contributed by atoms with E-state index in [0.717, 1.165) is 19.3 Å². The molecule has 0 aliphatic carbocycles. The van der Waals surface area contributed by atoms with Crippen LogP contribution in [0.5, 0.6) is 5.75 Å². The Kier molecular flexibility index (Phi) is 7.41. The van der Waals surface area contributed by atoms with Crippen LogP contribution >= 0.6 is 15.9 Å². The molecule has 31 heavy (non-hydrogen) atoms. The minimum atomic E-state index is -0.737. The van der Waals surface area contributed by atoms with Gasteiger partial charge < -0.3 is 15.0 Å². The average molecular weight is 488 g/mol. The van der Waals surface area contributed by atoms with Crippen molar-refractivity contribution in [3.8, 4) is 5.75 Å². The number of hydrogen-bond donors (Lipinski definition) is 1. The van der Waals surface area contributed by atoms with Crippen LogP contribution in [0.4, 0.5) is 5.69 Å². The molecule has 1 heterocycles. The van der Waals surface area contributed by atoms with Gasteiger partial charge in [-0.1, -0.05) is 30.3 Å². The largest absolute Gasteiger partial charge is 0.496 e. The number of rotatable bonds is 6. The molecule has 1 saturated heterocycles. The summed E-state index contributed by atoms with van der Waals surface area (Å²) in [6, 6.07) is 12.7. The van der Waals surface area contributed by atoms with E-state index in [1.807, 2.05) is 0 Å². The van der Waals surface area contributed by atoms with Crippen molar-refractivity contribution in [2.75, 3.05) is 20.2 Å². The maximum atomic E-state index is 13.3. The van der Waals surface area contributed by atoms with Crippen molar-refractivity contribution in [2.45, 2.75) is 19.3 Å². The number of nitrogens with one attached hydrogen (secondary N) is 1. The van der Waals surface area contributed by atoms with Crippen molar-refractivity contribution in [1.82, 2.24) is 10.2 Å². The molecule has 9 heteroatoms. The summed E-state index contributed by atoms with van der Waals surface area (Å²) in [5.41, 5.74) is 0.123. The smallest absolute Gasteiger partial charge is 0.282 e. The number of amides is 2. The number of piperidine rings is 1. The van der Waals surface area contributed by atoms with Crippen molar-refractivity contribution in [3.63, 3.8) is 0 Å². The van der Waals surface area contributed by atoms with E-state index >= 15 is 0 Å². The molecule has 1 N–H and O–H groups in total. The lowest BCUT2D eigenvalue weighted by atomic mass is 10.1. The summed E-state index contributed by atoms with van der Waals surface area (Å²) in [5.74, 6) is -0.581. The number of carbonyl (C=O) groups is 2. The normalized spacial score (nSPS) is 14.5. The summed E-state index contributed by atoms with van der Waals surface area (Å²) in [6.45, 7) is 1.16. The predicted octanol–water partition coefficient (Wildman–Crippen LogP) is 4.11. The Hall–Kier alpha value is -3.20. The van der Waals surface area contributed by atoms with Gasteiger partial charge >= 0.3 is 0 Å². The van der Waals surface area contributed by atoms with E-state index in [9.17, 15) is 19.7 Å². The molecule has 2 amide bonds. The minimum Gasteiger partial charge on any atom is -0.496 e. The van der Waals surface area contributed by atoms with Crippen molar-refractivity contribution < 1.29 is 19.2 Å². The third-order valence-electron chi connectivity index (χ3n) is 5.00. The Bertz CT molecular complexity index is 1030. The lowest BCUT2D eigenvalue weighted by Crippen LogP contribution is -2.41. The molecule has 1 aliphatic rings. The van der Waals surface area contributed by atoms with E-state index in [1.54, 1.807) is 29.2 Å². The molecule has 3 rings (SSSR count). The summed E-state index contributed by atoms with van der Waals surface area (Å²) in [7, 11) is 1.51. The molecule has 0 bridgehead atoms. The molecule has 0 unspecified atom stereocenters. The lowest BCUT2D eigenvalue weighted by molar-refractivity contribution is -0.385. The van der Waals surface area contributed by atoms with Crippen LogP contribution in [0.25, 0.3) is 4.48 Å². The van der Waals surface area contributed by atoms with Crippen LogP contribution in [0.1, 0.15) is 35.2 Å². The van der Waals surface area contributed by atoms with Crippen molar-refractivity contribution in [1.29, 1.82) is 0 Å². The van der Waals surface area contributed by atoms with Gasteiger partial charge in [0.05, 0.1) is 16.5 Å². The highest BCUT2D eigenvalue weighted by atomic mass is 79.9. The summed E-state index contributed by atoms with van der Waals surface area (Å²) in [4.78, 5) is 38.7. The van der Waals surface area contributed by atoms with Crippen LogP contribution in [0.3, 0.4) is 0 Å². The van der Waals surface area contributed by atoms with Crippen LogP contribution in [0, 0.1) is 10.1 Å². The van der Waals surface area contributed by atoms with E-state index in [2.05, 4.69) is 21.2 Å². The predicted molar refractivity (Wildman–Crippen MR) is 120 cm³/mol. The number of methoxy groups -OCH3 is 1. The number of halogens is 1. The van der Waals surface area contributed by atoms with Crippen LogP contribution in [-0.2, 0) is 4.79 Å². The van der Waals surface area contributed by atoms with Gasteiger partial charge in [-0.3, -0.25) is 19.7 Å². The fraction of sp³-hybridized carbons (Fsp3) is 0.273. The second kappa shape index (κ2) is 10.2. The fourth-order valence-corrected chi connectivity index (χ4v) is 4.02. The summed E-state index contributed by atoms with van der Waals surface area (Å²) in [6.07, 6.45) is 2.80. The quantitative estimate of drug-likeness (QED) is 0.375. The zero-order valence-electron chi connectivity index (χ0n) is 17.0. The number of hydrogen-bond acceptors (Lipinski definition) is 5. The van der Waals surface area contributed by atoms with E-state index in [4.69, 9.17) is 4.74 Å². The highest BCUT2D eigenvalue weighted by molar-refractivity contribution is 9.15. The molecular weight excluding hydrogens is 466 g/mol. The Labute approximate surface area is 188 Å². The molecule has 0 radical (unpaired) electrons. The highest BCUT2D eigenvalue weighted by Crippen LogP contribution is 2.33. The van der Waals surface area contributed by atoms with Crippen molar-refractivity contribution in [3.05, 3.63) is 75.5 Å². The zero-order valence-corrected chi connectivity index (χ0v) is 18.6. The Morgan fingerprint density at radius 3 is 2.29 bits per heavy atom. The molecule has 2 aromatic carbocycles. The van der Waals surface area contributed by atoms with Gasteiger partial charge in [-0.15, -0.1) is 0 Å². The second-order valence-electron chi connectivity index (χ2n) is 6.97. The number of benzene rings is 2. The monoisotopic (exact) mass is 487 g/mol. The molecule has 162 valence electrons. The number of likely N-dealkylation sites (tertiary alicyclic amines) is 1. The molecule has 1 aliphatic heterocycles. The van der Waals surface area contributed by atoms with Crippen molar-refractivity contribution in [2.24, 2.45) is 0 Å². The van der Waals surface area contributed by atoms with E-state index in [0.29, 0.717) is 28.9 Å². The van der Waals surface area contributed by atoms with Crippen LogP contribution in [0.15, 0.2) is 54.2 Å².